The van der Waals surface area contributed by atoms with E-state index in [1.807, 2.05) is 25.1 Å². The van der Waals surface area contributed by atoms with Crippen molar-refractivity contribution in [2.75, 3.05) is 12.4 Å². The van der Waals surface area contributed by atoms with Gasteiger partial charge < -0.3 is 10.1 Å². The number of nitriles is 1. The van der Waals surface area contributed by atoms with Crippen molar-refractivity contribution in [1.29, 1.82) is 5.26 Å². The summed E-state index contributed by atoms with van der Waals surface area (Å²) in [4.78, 5) is 0. The van der Waals surface area contributed by atoms with Gasteiger partial charge in [-0.2, -0.15) is 5.26 Å². The van der Waals surface area contributed by atoms with Gasteiger partial charge in [0.15, 0.2) is 0 Å². The van der Waals surface area contributed by atoms with E-state index in [4.69, 9.17) is 33.2 Å². The number of nitrogens with zero attached hydrogens (tertiary/aromatic N) is 1. The molecule has 2 aromatic rings. The molecule has 0 bridgehead atoms. The van der Waals surface area contributed by atoms with E-state index in [1.165, 1.54) is 0 Å². The number of hydrogen-bond donors (Lipinski definition) is 1. The van der Waals surface area contributed by atoms with Crippen LogP contribution in [0, 0.1) is 11.3 Å². The first-order chi connectivity index (χ1) is 10.0. The molecule has 0 aliphatic rings. The molecule has 21 heavy (non-hydrogen) atoms. The molecule has 0 aromatic heterocycles. The van der Waals surface area contributed by atoms with Crippen molar-refractivity contribution in [2.45, 2.75) is 13.0 Å². The van der Waals surface area contributed by atoms with Crippen molar-refractivity contribution >= 4 is 28.9 Å². The fourth-order valence-electron chi connectivity index (χ4n) is 1.98. The SMILES string of the molecule is COc1cc(C#N)ccc1NC(C)c1ccc(Cl)c(Cl)c1. The van der Waals surface area contributed by atoms with Gasteiger partial charge in [0.05, 0.1) is 34.5 Å². The minimum Gasteiger partial charge on any atom is -0.495 e. The maximum absolute atomic E-state index is 8.91. The van der Waals surface area contributed by atoms with E-state index >= 15 is 0 Å². The first-order valence-electron chi connectivity index (χ1n) is 6.34. The molecule has 0 fully saturated rings. The molecule has 1 unspecified atom stereocenters. The van der Waals surface area contributed by atoms with Gasteiger partial charge in [-0.05, 0) is 36.8 Å². The molecule has 1 N–H and O–H groups in total. The largest absolute Gasteiger partial charge is 0.495 e. The summed E-state index contributed by atoms with van der Waals surface area (Å²) in [5.74, 6) is 0.626. The normalized spacial score (nSPS) is 11.6. The Morgan fingerprint density at radius 3 is 2.52 bits per heavy atom. The zero-order chi connectivity index (χ0) is 15.4. The molecule has 3 nitrogen and oxygen atoms in total. The van der Waals surface area contributed by atoms with Crippen molar-refractivity contribution in [3.05, 3.63) is 57.6 Å². The van der Waals surface area contributed by atoms with E-state index in [-0.39, 0.29) is 6.04 Å². The summed E-state index contributed by atoms with van der Waals surface area (Å²) in [5.41, 5.74) is 2.38. The highest BCUT2D eigenvalue weighted by Crippen LogP contribution is 2.31. The van der Waals surface area contributed by atoms with Crippen molar-refractivity contribution in [3.8, 4) is 11.8 Å². The molecular formula is C16H14Cl2N2O. The van der Waals surface area contributed by atoms with Crippen LogP contribution in [0.25, 0.3) is 0 Å². The fraction of sp³-hybridized carbons (Fsp3) is 0.188. The number of anilines is 1. The van der Waals surface area contributed by atoms with E-state index in [1.54, 1.807) is 25.3 Å². The highest BCUT2D eigenvalue weighted by atomic mass is 35.5. The van der Waals surface area contributed by atoms with Gasteiger partial charge in [0.2, 0.25) is 0 Å². The van der Waals surface area contributed by atoms with Crippen LogP contribution >= 0.6 is 23.2 Å². The lowest BCUT2D eigenvalue weighted by Gasteiger charge is -2.18. The lowest BCUT2D eigenvalue weighted by Crippen LogP contribution is -2.07. The summed E-state index contributed by atoms with van der Waals surface area (Å²) >= 11 is 12.0. The van der Waals surface area contributed by atoms with E-state index < -0.39 is 0 Å². The van der Waals surface area contributed by atoms with Crippen LogP contribution in [0.5, 0.6) is 5.75 Å². The highest BCUT2D eigenvalue weighted by Gasteiger charge is 2.11. The Morgan fingerprint density at radius 1 is 1.14 bits per heavy atom. The first kappa shape index (κ1) is 15.5. The average molecular weight is 321 g/mol. The zero-order valence-corrected chi connectivity index (χ0v) is 13.2. The monoisotopic (exact) mass is 320 g/mol. The second-order valence-electron chi connectivity index (χ2n) is 4.57. The van der Waals surface area contributed by atoms with Crippen LogP contribution in [-0.4, -0.2) is 7.11 Å². The third-order valence-electron chi connectivity index (χ3n) is 3.15. The van der Waals surface area contributed by atoms with E-state index in [0.717, 1.165) is 11.3 Å². The number of ether oxygens (including phenoxy) is 1. The molecule has 0 aliphatic carbocycles. The summed E-state index contributed by atoms with van der Waals surface area (Å²) in [7, 11) is 1.57. The van der Waals surface area contributed by atoms with Gasteiger partial charge in [0, 0.05) is 12.1 Å². The molecule has 1 atom stereocenters. The Labute approximate surface area is 134 Å². The second kappa shape index (κ2) is 6.71. The summed E-state index contributed by atoms with van der Waals surface area (Å²) < 4.78 is 5.31. The highest BCUT2D eigenvalue weighted by molar-refractivity contribution is 6.42. The van der Waals surface area contributed by atoms with E-state index in [0.29, 0.717) is 21.4 Å². The summed E-state index contributed by atoms with van der Waals surface area (Å²) in [6.45, 7) is 2.01. The van der Waals surface area contributed by atoms with Crippen molar-refractivity contribution < 1.29 is 4.74 Å². The second-order valence-corrected chi connectivity index (χ2v) is 5.38. The molecular weight excluding hydrogens is 307 g/mol. The lowest BCUT2D eigenvalue weighted by molar-refractivity contribution is 0.416. The van der Waals surface area contributed by atoms with Gasteiger partial charge in [-0.1, -0.05) is 29.3 Å². The number of halogens is 2. The summed E-state index contributed by atoms with van der Waals surface area (Å²) in [5, 5.41) is 13.3. The van der Waals surface area contributed by atoms with E-state index in [9.17, 15) is 0 Å². The van der Waals surface area contributed by atoms with Crippen LogP contribution in [0.1, 0.15) is 24.1 Å². The molecule has 2 aromatic carbocycles. The Kier molecular flexibility index (Phi) is 4.95. The molecule has 5 heteroatoms. The van der Waals surface area contributed by atoms with Crippen LogP contribution in [-0.2, 0) is 0 Å². The van der Waals surface area contributed by atoms with Gasteiger partial charge in [0.1, 0.15) is 5.75 Å². The van der Waals surface area contributed by atoms with Crippen LogP contribution in [0.4, 0.5) is 5.69 Å². The molecule has 2 rings (SSSR count). The van der Waals surface area contributed by atoms with Crippen LogP contribution < -0.4 is 10.1 Å². The fourth-order valence-corrected chi connectivity index (χ4v) is 2.28. The Hall–Kier alpha value is -1.89. The molecule has 0 amide bonds. The van der Waals surface area contributed by atoms with Gasteiger partial charge in [-0.25, -0.2) is 0 Å². The average Bonchev–Trinajstić information content (AvgIpc) is 2.50. The molecule has 108 valence electrons. The van der Waals surface area contributed by atoms with Gasteiger partial charge in [-0.15, -0.1) is 0 Å². The topological polar surface area (TPSA) is 45.0 Å². The lowest BCUT2D eigenvalue weighted by atomic mass is 10.1. The molecule has 0 spiro atoms. The smallest absolute Gasteiger partial charge is 0.143 e. The molecule has 0 radical (unpaired) electrons. The Bertz CT molecular complexity index is 695. The van der Waals surface area contributed by atoms with E-state index in [2.05, 4.69) is 11.4 Å². The first-order valence-corrected chi connectivity index (χ1v) is 7.10. The number of nitrogens with one attached hydrogen (secondary N) is 1. The van der Waals surface area contributed by atoms with Crippen molar-refractivity contribution in [3.63, 3.8) is 0 Å². The van der Waals surface area contributed by atoms with Crippen LogP contribution in [0.15, 0.2) is 36.4 Å². The standard InChI is InChI=1S/C16H14Cl2N2O/c1-10(12-4-5-13(17)14(18)8-12)20-15-6-3-11(9-19)7-16(15)21-2/h3-8,10,20H,1-2H3. The third kappa shape index (κ3) is 3.60. The van der Waals surface area contributed by atoms with Crippen LogP contribution in [0.2, 0.25) is 10.0 Å². The van der Waals surface area contributed by atoms with Crippen LogP contribution in [0.3, 0.4) is 0 Å². The minimum atomic E-state index is 0.0154. The molecule has 0 heterocycles. The quantitative estimate of drug-likeness (QED) is 0.857. The van der Waals surface area contributed by atoms with Gasteiger partial charge >= 0.3 is 0 Å². The Balaban J connectivity index is 2.25. The number of benzene rings is 2. The summed E-state index contributed by atoms with van der Waals surface area (Å²) in [6, 6.07) is 12.9. The minimum absolute atomic E-state index is 0.0154. The zero-order valence-electron chi connectivity index (χ0n) is 11.7. The Morgan fingerprint density at radius 2 is 1.90 bits per heavy atom. The summed E-state index contributed by atoms with van der Waals surface area (Å²) in [6.07, 6.45) is 0. The number of rotatable bonds is 4. The predicted molar refractivity (Wildman–Crippen MR) is 86.2 cm³/mol. The molecule has 0 saturated carbocycles. The number of hydrogen-bond acceptors (Lipinski definition) is 3. The van der Waals surface area contributed by atoms with Crippen molar-refractivity contribution in [1.82, 2.24) is 0 Å². The molecule has 0 aliphatic heterocycles. The van der Waals surface area contributed by atoms with Crippen molar-refractivity contribution in [2.24, 2.45) is 0 Å². The maximum atomic E-state index is 8.91. The maximum Gasteiger partial charge on any atom is 0.143 e. The number of methoxy groups -OCH3 is 1. The van der Waals surface area contributed by atoms with Gasteiger partial charge in [0.25, 0.3) is 0 Å². The predicted octanol–water partition coefficient (Wildman–Crippen LogP) is 5.05. The third-order valence-corrected chi connectivity index (χ3v) is 3.89. The molecule has 0 saturated heterocycles. The van der Waals surface area contributed by atoms with Gasteiger partial charge in [-0.3, -0.25) is 0 Å².